The first-order valence-electron chi connectivity index (χ1n) is 18.2. The average molecular weight is 899 g/mol. The fourth-order valence-corrected chi connectivity index (χ4v) is 13.0. The van der Waals surface area contributed by atoms with Crippen molar-refractivity contribution in [2.45, 2.75) is 12.3 Å². The summed E-state index contributed by atoms with van der Waals surface area (Å²) in [6, 6.07) is 21.9. The van der Waals surface area contributed by atoms with Crippen molar-refractivity contribution < 1.29 is 61.8 Å². The molecular weight excluding hydrogens is 874 g/mol. The third-order valence-corrected chi connectivity index (χ3v) is 16.6. The zero-order valence-corrected chi connectivity index (χ0v) is 33.0. The number of hydrogen-bond donors (Lipinski definition) is 0. The van der Waals surface area contributed by atoms with Gasteiger partial charge in [0.2, 0.25) is 0 Å². The largest absolute Gasteiger partial charge is 0.313 e. The molecule has 0 amide bonds. The molecule has 0 saturated heterocycles. The summed E-state index contributed by atoms with van der Waals surface area (Å²) in [7, 11) is -9.70. The Labute approximate surface area is 343 Å². The van der Waals surface area contributed by atoms with E-state index >= 15 is 9.13 Å². The van der Waals surface area contributed by atoms with Gasteiger partial charge in [-0.05, 0) is 92.3 Å². The summed E-state index contributed by atoms with van der Waals surface area (Å²) < 4.78 is 208. The van der Waals surface area contributed by atoms with E-state index in [1.165, 1.54) is 12.1 Å². The fourth-order valence-electron chi connectivity index (χ4n) is 7.63. The molecule has 0 aliphatic heterocycles. The molecule has 0 fully saturated rings. The summed E-state index contributed by atoms with van der Waals surface area (Å²) in [6.45, 7) is 0. The van der Waals surface area contributed by atoms with Crippen molar-refractivity contribution in [3.8, 4) is 11.1 Å². The van der Waals surface area contributed by atoms with Crippen molar-refractivity contribution in [1.82, 2.24) is 0 Å². The van der Waals surface area contributed by atoms with Crippen LogP contribution in [-0.4, -0.2) is 0 Å². The first kappa shape index (κ1) is 42.6. The summed E-state index contributed by atoms with van der Waals surface area (Å²) >= 11 is 0. The minimum atomic E-state index is -4.85. The van der Waals surface area contributed by atoms with E-state index in [2.05, 4.69) is 0 Å². The van der Waals surface area contributed by atoms with E-state index in [-0.39, 0.29) is 22.3 Å². The third-order valence-electron chi connectivity index (χ3n) is 10.6. The van der Waals surface area contributed by atoms with Crippen molar-refractivity contribution >= 4 is 57.0 Å². The van der Waals surface area contributed by atoms with E-state index in [1.807, 2.05) is 0 Å². The first-order valence-corrected chi connectivity index (χ1v) is 22.0. The predicted octanol–water partition coefficient (Wildman–Crippen LogP) is 12.4. The highest BCUT2D eigenvalue weighted by atomic mass is 31.2. The maximum Gasteiger partial charge on any atom is 0.194 e. The normalized spacial score (nSPS) is 12.1. The molecule has 0 aromatic heterocycles. The highest BCUT2D eigenvalue weighted by Gasteiger charge is 2.36. The Hall–Kier alpha value is -6.10. The lowest BCUT2D eigenvalue weighted by Crippen LogP contribution is -2.22. The summed E-state index contributed by atoms with van der Waals surface area (Å²) in [5, 5.41) is -1.38. The SMILES string of the molecule is O=P(Cc1ccc2ccccc2c1-c1c(CP(=O)(c2cc(F)c(F)c(F)c2)c2cc(F)c(F)c(F)c2)ccc2ccccc12)(c1cc(F)c(F)c(F)c1)c1cc(F)c(F)c(F)c1. The van der Waals surface area contributed by atoms with Gasteiger partial charge in [0.25, 0.3) is 0 Å². The van der Waals surface area contributed by atoms with Gasteiger partial charge in [0, 0.05) is 33.5 Å². The van der Waals surface area contributed by atoms with Gasteiger partial charge in [-0.15, -0.1) is 0 Å². The molecular formula is C46H24F12O2P2. The first-order chi connectivity index (χ1) is 29.4. The van der Waals surface area contributed by atoms with Crippen LogP contribution in [0, 0.1) is 69.8 Å². The van der Waals surface area contributed by atoms with Gasteiger partial charge in [-0.3, -0.25) is 0 Å². The quantitative estimate of drug-likeness (QED) is 0.0822. The summed E-state index contributed by atoms with van der Waals surface area (Å²) in [6.07, 6.45) is -1.71. The Balaban J connectivity index is 1.45. The molecule has 0 heterocycles. The lowest BCUT2D eigenvalue weighted by Gasteiger charge is -2.26. The van der Waals surface area contributed by atoms with Crippen LogP contribution in [0.1, 0.15) is 11.1 Å². The van der Waals surface area contributed by atoms with Crippen LogP contribution in [0.25, 0.3) is 32.7 Å². The molecule has 16 heteroatoms. The Morgan fingerprint density at radius 3 is 0.823 bits per heavy atom. The summed E-state index contributed by atoms with van der Waals surface area (Å²) in [5.74, 6) is -22.3. The predicted molar refractivity (Wildman–Crippen MR) is 213 cm³/mol. The Morgan fingerprint density at radius 2 is 0.565 bits per heavy atom. The molecule has 0 unspecified atom stereocenters. The lowest BCUT2D eigenvalue weighted by atomic mass is 9.88. The molecule has 2 nitrogen and oxygen atoms in total. The van der Waals surface area contributed by atoms with Gasteiger partial charge < -0.3 is 9.13 Å². The van der Waals surface area contributed by atoms with E-state index in [9.17, 15) is 52.7 Å². The standard InChI is InChI=1S/C46H24F12O2P2/c47-33-13-27(14-34(48)43(33)55)61(59,28-15-35(49)44(56)36(50)16-28)21-25-11-9-23-5-1-3-7-31(23)41(25)42-26(12-10-24-6-2-4-8-32(24)42)22-62(60,29-17-37(51)45(57)38(52)18-29)30-19-39(53)46(58)40(54)20-30/h1-20H,21-22H2. The van der Waals surface area contributed by atoms with Crippen LogP contribution in [0.3, 0.4) is 0 Å². The zero-order valence-electron chi connectivity index (χ0n) is 31.2. The molecule has 8 aromatic carbocycles. The molecule has 0 atom stereocenters. The van der Waals surface area contributed by atoms with E-state index in [4.69, 9.17) is 0 Å². The Kier molecular flexibility index (Phi) is 11.0. The number of hydrogen-bond acceptors (Lipinski definition) is 2. The number of halogens is 12. The van der Waals surface area contributed by atoms with E-state index < -0.39 is 118 Å². The van der Waals surface area contributed by atoms with Gasteiger partial charge in [0.05, 0.1) is 0 Å². The lowest BCUT2D eigenvalue weighted by molar-refractivity contribution is 0.447. The van der Waals surface area contributed by atoms with Gasteiger partial charge in [-0.25, -0.2) is 52.7 Å². The second-order valence-electron chi connectivity index (χ2n) is 14.3. The van der Waals surface area contributed by atoms with Gasteiger partial charge >= 0.3 is 0 Å². The topological polar surface area (TPSA) is 34.1 Å². The average Bonchev–Trinajstić information content (AvgIpc) is 3.24. The van der Waals surface area contributed by atoms with Crippen LogP contribution in [0.2, 0.25) is 0 Å². The van der Waals surface area contributed by atoms with Gasteiger partial charge in [-0.1, -0.05) is 72.8 Å². The monoisotopic (exact) mass is 898 g/mol. The van der Waals surface area contributed by atoms with E-state index in [0.29, 0.717) is 70.1 Å². The van der Waals surface area contributed by atoms with Crippen LogP contribution in [0.4, 0.5) is 52.7 Å². The minimum Gasteiger partial charge on any atom is -0.313 e. The maximum absolute atomic E-state index is 15.5. The highest BCUT2D eigenvalue weighted by Crippen LogP contribution is 2.54. The van der Waals surface area contributed by atoms with Crippen LogP contribution >= 0.6 is 14.3 Å². The van der Waals surface area contributed by atoms with E-state index in [1.54, 1.807) is 60.7 Å². The number of rotatable bonds is 9. The van der Waals surface area contributed by atoms with Gasteiger partial charge in [-0.2, -0.15) is 0 Å². The number of fused-ring (bicyclic) bond motifs is 2. The molecule has 0 radical (unpaired) electrons. The molecule has 0 saturated carbocycles. The molecule has 0 N–H and O–H groups in total. The van der Waals surface area contributed by atoms with Gasteiger partial charge in [0.1, 0.15) is 14.3 Å². The minimum absolute atomic E-state index is 0.00694. The van der Waals surface area contributed by atoms with Crippen molar-refractivity contribution in [2.75, 3.05) is 0 Å². The van der Waals surface area contributed by atoms with Crippen LogP contribution in [0.15, 0.2) is 121 Å². The second kappa shape index (κ2) is 16.0. The molecule has 8 aromatic rings. The molecule has 0 spiro atoms. The van der Waals surface area contributed by atoms with Gasteiger partial charge in [0.15, 0.2) is 69.8 Å². The van der Waals surface area contributed by atoms with Crippen LogP contribution in [-0.2, 0) is 21.5 Å². The second-order valence-corrected chi connectivity index (χ2v) is 20.0. The molecule has 314 valence electrons. The molecule has 8 rings (SSSR count). The van der Waals surface area contributed by atoms with Crippen molar-refractivity contribution in [3.05, 3.63) is 202 Å². The Bertz CT molecular complexity index is 2830. The summed E-state index contributed by atoms with van der Waals surface area (Å²) in [4.78, 5) is 0. The van der Waals surface area contributed by atoms with Crippen molar-refractivity contribution in [1.29, 1.82) is 0 Å². The third kappa shape index (κ3) is 7.28. The Morgan fingerprint density at radius 1 is 0.323 bits per heavy atom. The van der Waals surface area contributed by atoms with E-state index in [0.717, 1.165) is 0 Å². The molecule has 0 aliphatic carbocycles. The molecule has 62 heavy (non-hydrogen) atoms. The highest BCUT2D eigenvalue weighted by molar-refractivity contribution is 7.78. The van der Waals surface area contributed by atoms with Crippen LogP contribution in [0.5, 0.6) is 0 Å². The zero-order chi connectivity index (χ0) is 44.4. The van der Waals surface area contributed by atoms with Crippen molar-refractivity contribution in [3.63, 3.8) is 0 Å². The molecule has 0 bridgehead atoms. The smallest absolute Gasteiger partial charge is 0.194 e. The van der Waals surface area contributed by atoms with Crippen LogP contribution < -0.4 is 21.2 Å². The molecule has 0 aliphatic rings. The summed E-state index contributed by atoms with van der Waals surface area (Å²) in [5.41, 5.74) is 0.265. The van der Waals surface area contributed by atoms with Crippen molar-refractivity contribution in [2.24, 2.45) is 0 Å². The maximum atomic E-state index is 15.5. The number of benzene rings is 8. The fraction of sp³-hybridized carbons (Fsp3) is 0.0435.